The molecule has 4 rings (SSSR count). The van der Waals surface area contributed by atoms with Gasteiger partial charge in [-0.05, 0) is 55.5 Å². The summed E-state index contributed by atoms with van der Waals surface area (Å²) in [6.45, 7) is 0. The Labute approximate surface area is 189 Å². The van der Waals surface area contributed by atoms with Gasteiger partial charge in [0, 0.05) is 21.0 Å². The fourth-order valence-corrected chi connectivity index (χ4v) is 5.06. The van der Waals surface area contributed by atoms with Gasteiger partial charge in [-0.15, -0.1) is 11.3 Å². The van der Waals surface area contributed by atoms with Crippen molar-refractivity contribution in [3.05, 3.63) is 86.8 Å². The Hall–Kier alpha value is -3.14. The van der Waals surface area contributed by atoms with E-state index in [2.05, 4.69) is 16.7 Å². The molecule has 2 aromatic carbocycles. The summed E-state index contributed by atoms with van der Waals surface area (Å²) >= 11 is 7.41. The van der Waals surface area contributed by atoms with Gasteiger partial charge >= 0.3 is 0 Å². The molecule has 156 valence electrons. The van der Waals surface area contributed by atoms with E-state index in [1.807, 2.05) is 6.07 Å². The Bertz CT molecular complexity index is 1150. The molecule has 0 fully saturated rings. The van der Waals surface area contributed by atoms with Crippen LogP contribution in [0.1, 0.15) is 49.6 Å². The number of amides is 1. The fraction of sp³-hybridized carbons (Fsp3) is 0.208. The highest BCUT2D eigenvalue weighted by Gasteiger charge is 2.27. The molecule has 0 saturated carbocycles. The lowest BCUT2D eigenvalue weighted by Crippen LogP contribution is -2.46. The van der Waals surface area contributed by atoms with Gasteiger partial charge < -0.3 is 10.6 Å². The summed E-state index contributed by atoms with van der Waals surface area (Å²) in [7, 11) is 0. The quantitative estimate of drug-likeness (QED) is 0.400. The number of hydrogen-bond donors (Lipinski definition) is 2. The van der Waals surface area contributed by atoms with E-state index in [1.54, 1.807) is 48.5 Å². The number of Topliss-reactive ketones (excluding diaryl/α,β-unsaturated/α-hetero) is 1. The van der Waals surface area contributed by atoms with E-state index in [9.17, 15) is 14.9 Å². The second kappa shape index (κ2) is 9.34. The zero-order chi connectivity index (χ0) is 21.8. The molecule has 5 nitrogen and oxygen atoms in total. The molecule has 0 spiro atoms. The molecule has 0 saturated heterocycles. The van der Waals surface area contributed by atoms with Gasteiger partial charge in [0.1, 0.15) is 11.1 Å². The number of anilines is 1. The lowest BCUT2D eigenvalue weighted by atomic mass is 9.96. The first-order chi connectivity index (χ1) is 15.1. The summed E-state index contributed by atoms with van der Waals surface area (Å²) in [5.74, 6) is -0.684. The average Bonchev–Trinajstić information content (AvgIpc) is 3.16. The van der Waals surface area contributed by atoms with Crippen molar-refractivity contribution in [3.63, 3.8) is 0 Å². The van der Waals surface area contributed by atoms with Crippen LogP contribution in [0.4, 0.5) is 5.00 Å². The Balaban J connectivity index is 1.65. The SMILES string of the molecule is N#Cc1c(N[C@H](NC(=O)c2ccc(Cl)cc2)C(=O)c2ccccc2)sc2c1CCCC2. The highest BCUT2D eigenvalue weighted by Crippen LogP contribution is 2.38. The number of hydrogen-bond acceptors (Lipinski definition) is 5. The molecular formula is C24H20ClN3O2S. The number of nitrogens with zero attached hydrogens (tertiary/aromatic N) is 1. The number of ketones is 1. The largest absolute Gasteiger partial charge is 0.349 e. The zero-order valence-electron chi connectivity index (χ0n) is 16.7. The van der Waals surface area contributed by atoms with E-state index in [4.69, 9.17) is 11.6 Å². The summed E-state index contributed by atoms with van der Waals surface area (Å²) in [6, 6.07) is 17.5. The fourth-order valence-electron chi connectivity index (χ4n) is 3.67. The molecular weight excluding hydrogens is 430 g/mol. The van der Waals surface area contributed by atoms with Gasteiger partial charge in [0.05, 0.1) is 5.56 Å². The van der Waals surface area contributed by atoms with Gasteiger partial charge in [-0.1, -0.05) is 41.9 Å². The highest BCUT2D eigenvalue weighted by atomic mass is 35.5. The third-order valence-corrected chi connectivity index (χ3v) is 6.74. The van der Waals surface area contributed by atoms with Crippen molar-refractivity contribution >= 4 is 39.6 Å². The number of halogens is 1. The van der Waals surface area contributed by atoms with Crippen LogP contribution in [-0.4, -0.2) is 17.9 Å². The summed E-state index contributed by atoms with van der Waals surface area (Å²) in [5, 5.41) is 16.8. The van der Waals surface area contributed by atoms with Crippen molar-refractivity contribution in [2.75, 3.05) is 5.32 Å². The first kappa shape index (κ1) is 21.1. The Kier molecular flexibility index (Phi) is 6.36. The molecule has 3 aromatic rings. The van der Waals surface area contributed by atoms with Crippen LogP contribution in [0, 0.1) is 11.3 Å². The van der Waals surface area contributed by atoms with E-state index in [0.29, 0.717) is 26.7 Å². The predicted octanol–water partition coefficient (Wildman–Crippen LogP) is 5.20. The van der Waals surface area contributed by atoms with E-state index < -0.39 is 12.1 Å². The van der Waals surface area contributed by atoms with Gasteiger partial charge in [0.2, 0.25) is 5.78 Å². The average molecular weight is 450 g/mol. The number of rotatable bonds is 6. The first-order valence-electron chi connectivity index (χ1n) is 10.0. The number of nitriles is 1. The smallest absolute Gasteiger partial charge is 0.253 e. The second-order valence-corrected chi connectivity index (χ2v) is 8.86. The van der Waals surface area contributed by atoms with Gasteiger partial charge in [-0.2, -0.15) is 5.26 Å². The minimum Gasteiger partial charge on any atom is -0.349 e. The summed E-state index contributed by atoms with van der Waals surface area (Å²) in [4.78, 5) is 27.3. The van der Waals surface area contributed by atoms with Crippen LogP contribution in [0.15, 0.2) is 54.6 Å². The molecule has 7 heteroatoms. The number of thiophene rings is 1. The lowest BCUT2D eigenvalue weighted by molar-refractivity contribution is 0.0869. The molecule has 1 aliphatic rings. The molecule has 1 aliphatic carbocycles. The van der Waals surface area contributed by atoms with Crippen molar-refractivity contribution in [2.24, 2.45) is 0 Å². The van der Waals surface area contributed by atoms with Crippen LogP contribution in [-0.2, 0) is 12.8 Å². The highest BCUT2D eigenvalue weighted by molar-refractivity contribution is 7.16. The van der Waals surface area contributed by atoms with E-state index in [-0.39, 0.29) is 5.78 Å². The summed E-state index contributed by atoms with van der Waals surface area (Å²) < 4.78 is 0. The van der Waals surface area contributed by atoms with Crippen LogP contribution in [0.2, 0.25) is 5.02 Å². The first-order valence-corrected chi connectivity index (χ1v) is 11.2. The number of benzene rings is 2. The molecule has 1 amide bonds. The Morgan fingerprint density at radius 3 is 2.42 bits per heavy atom. The molecule has 0 aliphatic heterocycles. The van der Waals surface area contributed by atoms with Crippen molar-refractivity contribution in [1.82, 2.24) is 5.32 Å². The van der Waals surface area contributed by atoms with Crippen molar-refractivity contribution in [3.8, 4) is 6.07 Å². The number of carbonyl (C=O) groups excluding carboxylic acids is 2. The van der Waals surface area contributed by atoms with E-state index in [1.165, 1.54) is 16.2 Å². The van der Waals surface area contributed by atoms with Crippen LogP contribution in [0.25, 0.3) is 0 Å². The van der Waals surface area contributed by atoms with Gasteiger partial charge in [0.15, 0.2) is 6.17 Å². The van der Waals surface area contributed by atoms with E-state index in [0.717, 1.165) is 31.2 Å². The second-order valence-electron chi connectivity index (χ2n) is 7.31. The number of carbonyl (C=O) groups is 2. The molecule has 1 atom stereocenters. The third kappa shape index (κ3) is 4.63. The maximum atomic E-state index is 13.2. The van der Waals surface area contributed by atoms with Crippen molar-refractivity contribution < 1.29 is 9.59 Å². The maximum absolute atomic E-state index is 13.2. The van der Waals surface area contributed by atoms with Gasteiger partial charge in [-0.25, -0.2) is 0 Å². The van der Waals surface area contributed by atoms with Crippen LogP contribution in [0.3, 0.4) is 0 Å². The molecule has 0 radical (unpaired) electrons. The Morgan fingerprint density at radius 2 is 1.71 bits per heavy atom. The monoisotopic (exact) mass is 449 g/mol. The molecule has 2 N–H and O–H groups in total. The van der Waals surface area contributed by atoms with Crippen LogP contribution >= 0.6 is 22.9 Å². The standard InChI is InChI=1S/C24H20ClN3O2S/c25-17-12-10-16(11-13-17)23(30)27-22(21(29)15-6-2-1-3-7-15)28-24-19(14-26)18-8-4-5-9-20(18)31-24/h1-3,6-7,10-13,22,28H,4-5,8-9H2,(H,27,30)/t22-/m0/s1. The van der Waals surface area contributed by atoms with Crippen molar-refractivity contribution in [1.29, 1.82) is 5.26 Å². The number of nitrogens with one attached hydrogen (secondary N) is 2. The van der Waals surface area contributed by atoms with Crippen molar-refractivity contribution in [2.45, 2.75) is 31.8 Å². The minimum absolute atomic E-state index is 0.279. The molecule has 0 unspecified atom stereocenters. The van der Waals surface area contributed by atoms with E-state index >= 15 is 0 Å². The molecule has 31 heavy (non-hydrogen) atoms. The van der Waals surface area contributed by atoms with Gasteiger partial charge in [-0.3, -0.25) is 9.59 Å². The zero-order valence-corrected chi connectivity index (χ0v) is 18.2. The number of aryl methyl sites for hydroxylation is 1. The molecule has 1 aromatic heterocycles. The third-order valence-electron chi connectivity index (χ3n) is 5.26. The van der Waals surface area contributed by atoms with Crippen LogP contribution in [0.5, 0.6) is 0 Å². The Morgan fingerprint density at radius 1 is 1.00 bits per heavy atom. The molecule has 0 bridgehead atoms. The lowest BCUT2D eigenvalue weighted by Gasteiger charge is -2.20. The summed E-state index contributed by atoms with van der Waals surface area (Å²) in [6.07, 6.45) is 2.93. The van der Waals surface area contributed by atoms with Gasteiger partial charge in [0.25, 0.3) is 5.91 Å². The summed E-state index contributed by atoms with van der Waals surface area (Å²) in [5.41, 5.74) is 2.50. The minimum atomic E-state index is -1.02. The number of fused-ring (bicyclic) bond motifs is 1. The predicted molar refractivity (Wildman–Crippen MR) is 123 cm³/mol. The maximum Gasteiger partial charge on any atom is 0.253 e. The van der Waals surface area contributed by atoms with Crippen LogP contribution < -0.4 is 10.6 Å². The molecule has 1 heterocycles. The topological polar surface area (TPSA) is 82.0 Å². The normalized spacial score (nSPS) is 13.5.